The smallest absolute Gasteiger partial charge is 0.233 e. The number of hydrogen-bond donors (Lipinski definition) is 0. The van der Waals surface area contributed by atoms with Gasteiger partial charge in [0.25, 0.3) is 0 Å². The first-order chi connectivity index (χ1) is 30.7. The number of rotatable bonds is 6. The van der Waals surface area contributed by atoms with Gasteiger partial charge in [-0.25, -0.2) is 0 Å². The van der Waals surface area contributed by atoms with Crippen LogP contribution < -0.4 is 0 Å². The van der Waals surface area contributed by atoms with Crippen LogP contribution in [-0.2, 0) is 57.5 Å². The van der Waals surface area contributed by atoms with E-state index in [9.17, 15) is 57.5 Å². The van der Waals surface area contributed by atoms with E-state index in [1.54, 1.807) is 13.8 Å². The highest BCUT2D eigenvalue weighted by molar-refractivity contribution is 6.12. The Morgan fingerprint density at radius 2 is 0.406 bits per heavy atom. The molecule has 5 saturated carbocycles. The standard InChI is InChI=1S/C46H54N6O12/c1-3-47-35(53)23-13-27-28(14-24(23)36(47)54)40(58)49(39(27)57)19-5-9-21(10-6-19)51-43(61)31-17-33-34(18-32(31)44(51)62)46(64)52(45(33)63)22-11-7-20(8-12-22)50-41(59)29-15-25-26(16-30(29)42(50)60)38(56)48(4-2)37(25)55/h19-34H,3-18H2,1-2H3. The Hall–Kier alpha value is -5.16. The maximum absolute atomic E-state index is 14.1. The van der Waals surface area contributed by atoms with E-state index in [1.165, 1.54) is 29.4 Å². The summed E-state index contributed by atoms with van der Waals surface area (Å²) in [5.41, 5.74) is 0. The highest BCUT2D eigenvalue weighted by atomic mass is 16.2. The van der Waals surface area contributed by atoms with Crippen LogP contribution in [0, 0.1) is 71.0 Å². The Balaban J connectivity index is 0.695. The van der Waals surface area contributed by atoms with Gasteiger partial charge < -0.3 is 0 Å². The minimum absolute atomic E-state index is 0.0906. The van der Waals surface area contributed by atoms with Crippen molar-refractivity contribution in [3.63, 3.8) is 0 Å². The molecule has 11 aliphatic rings. The van der Waals surface area contributed by atoms with Crippen LogP contribution >= 0.6 is 0 Å². The van der Waals surface area contributed by atoms with Gasteiger partial charge in [-0.15, -0.1) is 0 Å². The van der Waals surface area contributed by atoms with Gasteiger partial charge in [0.2, 0.25) is 70.9 Å². The fourth-order valence-corrected chi connectivity index (χ4v) is 15.0. The van der Waals surface area contributed by atoms with Gasteiger partial charge in [-0.3, -0.25) is 86.9 Å². The lowest BCUT2D eigenvalue weighted by molar-refractivity contribution is -0.149. The van der Waals surface area contributed by atoms with Gasteiger partial charge >= 0.3 is 0 Å². The van der Waals surface area contributed by atoms with E-state index in [1.807, 2.05) is 0 Å². The number of likely N-dealkylation sites (tertiary alicyclic amines) is 6. The zero-order valence-corrected chi connectivity index (χ0v) is 36.1. The van der Waals surface area contributed by atoms with E-state index in [0.717, 1.165) is 0 Å². The van der Waals surface area contributed by atoms with Gasteiger partial charge in [0.05, 0.1) is 71.0 Å². The number of carbonyl (C=O) groups is 12. The molecule has 11 rings (SSSR count). The predicted octanol–water partition coefficient (Wildman–Crippen LogP) is 0.637. The number of nitrogens with zero attached hydrogens (tertiary/aromatic N) is 6. The Kier molecular flexibility index (Phi) is 9.53. The van der Waals surface area contributed by atoms with Gasteiger partial charge in [-0.1, -0.05) is 0 Å². The minimum atomic E-state index is -0.733. The van der Waals surface area contributed by atoms with Gasteiger partial charge in [0, 0.05) is 37.3 Å². The summed E-state index contributed by atoms with van der Waals surface area (Å²) in [6.45, 7) is 3.98. The van der Waals surface area contributed by atoms with Gasteiger partial charge in [-0.2, -0.15) is 0 Å². The van der Waals surface area contributed by atoms with Crippen molar-refractivity contribution in [1.29, 1.82) is 0 Å². The number of imide groups is 6. The number of hydrogen-bond acceptors (Lipinski definition) is 12. The molecule has 340 valence electrons. The summed E-state index contributed by atoms with van der Waals surface area (Å²) in [6.07, 6.45) is 4.01. The molecule has 0 N–H and O–H groups in total. The highest BCUT2D eigenvalue weighted by Gasteiger charge is 2.64. The fraction of sp³-hybridized carbons (Fsp3) is 0.739. The van der Waals surface area contributed by atoms with Crippen LogP contribution in [0.4, 0.5) is 0 Å². The molecule has 0 bridgehead atoms. The second-order valence-electron chi connectivity index (χ2n) is 20.6. The van der Waals surface area contributed by atoms with Gasteiger partial charge in [-0.05, 0) is 104 Å². The monoisotopic (exact) mass is 882 g/mol. The molecule has 5 aliphatic carbocycles. The van der Waals surface area contributed by atoms with Crippen molar-refractivity contribution >= 4 is 70.9 Å². The van der Waals surface area contributed by atoms with Gasteiger partial charge in [0.15, 0.2) is 0 Å². The Morgan fingerprint density at radius 1 is 0.266 bits per heavy atom. The largest absolute Gasteiger partial charge is 0.282 e. The zero-order chi connectivity index (χ0) is 44.9. The van der Waals surface area contributed by atoms with Crippen molar-refractivity contribution in [1.82, 2.24) is 29.4 Å². The molecular formula is C46H54N6O12. The molecule has 64 heavy (non-hydrogen) atoms. The van der Waals surface area contributed by atoms with E-state index in [4.69, 9.17) is 0 Å². The quantitative estimate of drug-likeness (QED) is 0.335. The van der Waals surface area contributed by atoms with Crippen molar-refractivity contribution in [3.05, 3.63) is 0 Å². The summed E-state index contributed by atoms with van der Waals surface area (Å²) in [6, 6.07) is -1.73. The van der Waals surface area contributed by atoms with E-state index in [2.05, 4.69) is 0 Å². The van der Waals surface area contributed by atoms with Crippen LogP contribution in [0.25, 0.3) is 0 Å². The molecule has 18 nitrogen and oxygen atoms in total. The third-order valence-electron chi connectivity index (χ3n) is 18.2. The van der Waals surface area contributed by atoms with E-state index < -0.39 is 95.2 Å². The summed E-state index contributed by atoms with van der Waals surface area (Å²) in [7, 11) is 0. The predicted molar refractivity (Wildman–Crippen MR) is 214 cm³/mol. The molecule has 0 aromatic rings. The number of amides is 12. The lowest BCUT2D eigenvalue weighted by Crippen LogP contribution is -2.48. The van der Waals surface area contributed by atoms with E-state index >= 15 is 0 Å². The average molecular weight is 883 g/mol. The molecule has 12 unspecified atom stereocenters. The Labute approximate surface area is 369 Å². The first kappa shape index (κ1) is 41.5. The summed E-state index contributed by atoms with van der Waals surface area (Å²) >= 11 is 0. The minimum Gasteiger partial charge on any atom is -0.282 e. The molecular weight excluding hydrogens is 829 g/mol. The number of carbonyl (C=O) groups excluding carboxylic acids is 12. The SMILES string of the molecule is CCN1C(=O)C2CC3C(=O)N(C4CCC(N5C(=O)C6CC7C(=O)N(C8CCC(N9C(=O)C%10CC%11C(=O)N(CC)C(=O)C%11CC%10C9=O)CC8)C(=O)C7CC6C5=O)CC4)C(=O)C3CC2C1=O. The van der Waals surface area contributed by atoms with Crippen molar-refractivity contribution in [2.75, 3.05) is 13.1 Å². The topological polar surface area (TPSA) is 224 Å². The molecule has 18 heteroatoms. The summed E-state index contributed by atoms with van der Waals surface area (Å²) in [5.74, 6) is -11.6. The number of fused-ring (bicyclic) bond motifs is 6. The van der Waals surface area contributed by atoms with Crippen LogP contribution in [-0.4, -0.2) is 138 Å². The molecule has 6 saturated heterocycles. The third kappa shape index (κ3) is 5.54. The molecule has 0 aromatic carbocycles. The van der Waals surface area contributed by atoms with Crippen LogP contribution in [0.3, 0.4) is 0 Å². The first-order valence-corrected chi connectivity index (χ1v) is 23.8. The molecule has 12 atom stereocenters. The molecule has 11 fully saturated rings. The lowest BCUT2D eigenvalue weighted by atomic mass is 9.70. The lowest BCUT2D eigenvalue weighted by Gasteiger charge is -2.37. The average Bonchev–Trinajstić information content (AvgIpc) is 4.02. The van der Waals surface area contributed by atoms with Crippen molar-refractivity contribution in [2.45, 2.75) is 128 Å². The molecule has 0 aromatic heterocycles. The van der Waals surface area contributed by atoms with Crippen molar-refractivity contribution in [2.24, 2.45) is 71.0 Å². The highest BCUT2D eigenvalue weighted by Crippen LogP contribution is 2.53. The van der Waals surface area contributed by atoms with E-state index in [0.29, 0.717) is 51.4 Å². The van der Waals surface area contributed by atoms with Crippen LogP contribution in [0.2, 0.25) is 0 Å². The molecule has 12 amide bonds. The molecule has 0 radical (unpaired) electrons. The first-order valence-electron chi connectivity index (χ1n) is 23.8. The summed E-state index contributed by atoms with van der Waals surface area (Å²) < 4.78 is 0. The summed E-state index contributed by atoms with van der Waals surface area (Å²) in [5, 5.41) is 0. The molecule has 6 heterocycles. The maximum atomic E-state index is 14.1. The normalized spacial score (nSPS) is 43.2. The Bertz CT molecular complexity index is 1970. The van der Waals surface area contributed by atoms with Crippen LogP contribution in [0.15, 0.2) is 0 Å². The molecule has 0 spiro atoms. The fourth-order valence-electron chi connectivity index (χ4n) is 15.0. The van der Waals surface area contributed by atoms with Crippen molar-refractivity contribution < 1.29 is 57.5 Å². The Morgan fingerprint density at radius 3 is 0.547 bits per heavy atom. The zero-order valence-electron chi connectivity index (χ0n) is 36.1. The maximum Gasteiger partial charge on any atom is 0.233 e. The summed E-state index contributed by atoms with van der Waals surface area (Å²) in [4.78, 5) is 171. The second kappa shape index (κ2) is 14.7. The molecule has 6 aliphatic heterocycles. The van der Waals surface area contributed by atoms with E-state index in [-0.39, 0.29) is 123 Å². The van der Waals surface area contributed by atoms with Crippen molar-refractivity contribution in [3.8, 4) is 0 Å². The second-order valence-corrected chi connectivity index (χ2v) is 20.6. The van der Waals surface area contributed by atoms with Crippen LogP contribution in [0.1, 0.15) is 104 Å². The van der Waals surface area contributed by atoms with Crippen LogP contribution in [0.5, 0.6) is 0 Å². The van der Waals surface area contributed by atoms with Gasteiger partial charge in [0.1, 0.15) is 0 Å². The third-order valence-corrected chi connectivity index (χ3v) is 18.2.